The van der Waals surface area contributed by atoms with Crippen molar-refractivity contribution in [2.45, 2.75) is 31.8 Å². The number of hydrogen-bond donors (Lipinski definition) is 1. The average molecular weight is 259 g/mol. The van der Waals surface area contributed by atoms with E-state index in [1.54, 1.807) is 11.9 Å². The van der Waals surface area contributed by atoms with Crippen LogP contribution >= 0.6 is 0 Å². The second-order valence-corrected chi connectivity index (χ2v) is 4.98. The minimum Gasteiger partial charge on any atom is -0.340 e. The highest BCUT2D eigenvalue weighted by atomic mass is 16.2. The van der Waals surface area contributed by atoms with E-state index >= 15 is 0 Å². The molecule has 1 fully saturated rings. The lowest BCUT2D eigenvalue weighted by Gasteiger charge is -2.29. The summed E-state index contributed by atoms with van der Waals surface area (Å²) in [5.41, 5.74) is 0.756. The summed E-state index contributed by atoms with van der Waals surface area (Å²) in [6.45, 7) is 0.439. The molecular formula is C13H17N5O. The van der Waals surface area contributed by atoms with E-state index in [0.717, 1.165) is 5.69 Å². The van der Waals surface area contributed by atoms with Gasteiger partial charge in [0.2, 0.25) is 0 Å². The maximum Gasteiger partial charge on any atom is 0.270 e. The van der Waals surface area contributed by atoms with E-state index in [0.29, 0.717) is 18.4 Å². The summed E-state index contributed by atoms with van der Waals surface area (Å²) in [5, 5.41) is 6.55. The van der Waals surface area contributed by atoms with Crippen LogP contribution < -0.4 is 0 Å². The fraction of sp³-hybridized carbons (Fsp3) is 0.462. The minimum atomic E-state index is 0.0216. The molecule has 1 saturated carbocycles. The molecule has 19 heavy (non-hydrogen) atoms. The van der Waals surface area contributed by atoms with Gasteiger partial charge in [0.1, 0.15) is 17.8 Å². The number of hydrogen-bond acceptors (Lipinski definition) is 3. The highest BCUT2D eigenvalue weighted by Crippen LogP contribution is 2.32. The smallest absolute Gasteiger partial charge is 0.270 e. The van der Waals surface area contributed by atoms with Crippen molar-refractivity contribution in [3.05, 3.63) is 36.2 Å². The molecule has 6 heteroatoms. The fourth-order valence-corrected chi connectivity index (χ4v) is 2.36. The molecule has 0 bridgehead atoms. The Morgan fingerprint density at radius 2 is 2.42 bits per heavy atom. The molecule has 1 aliphatic rings. The predicted octanol–water partition coefficient (Wildman–Crippen LogP) is 1.60. The van der Waals surface area contributed by atoms with Gasteiger partial charge >= 0.3 is 0 Å². The highest BCUT2D eigenvalue weighted by molar-refractivity contribution is 5.92. The normalized spacial score (nSPS) is 15.2. The summed E-state index contributed by atoms with van der Waals surface area (Å²) < 4.78 is 2.10. The van der Waals surface area contributed by atoms with Crippen LogP contribution in [-0.4, -0.2) is 37.6 Å². The summed E-state index contributed by atoms with van der Waals surface area (Å²) in [7, 11) is 1.78. The molecule has 0 radical (unpaired) electrons. The van der Waals surface area contributed by atoms with Gasteiger partial charge in [0.25, 0.3) is 5.91 Å². The zero-order chi connectivity index (χ0) is 13.2. The molecule has 100 valence electrons. The molecule has 1 N–H and O–H groups in total. The number of H-pyrrole nitrogens is 1. The monoisotopic (exact) mass is 259 g/mol. The first kappa shape index (κ1) is 12.0. The van der Waals surface area contributed by atoms with E-state index < -0.39 is 0 Å². The molecule has 6 nitrogen and oxygen atoms in total. The van der Waals surface area contributed by atoms with Crippen molar-refractivity contribution in [3.63, 3.8) is 0 Å². The Balaban J connectivity index is 1.74. The number of rotatable bonds is 4. The van der Waals surface area contributed by atoms with Crippen LogP contribution in [0.3, 0.4) is 0 Å². The largest absolute Gasteiger partial charge is 0.340 e. The van der Waals surface area contributed by atoms with Crippen LogP contribution in [0.2, 0.25) is 0 Å². The summed E-state index contributed by atoms with van der Waals surface area (Å²) in [6.07, 6.45) is 7.04. The number of aromatic amines is 1. The third-order valence-electron chi connectivity index (χ3n) is 3.66. The van der Waals surface area contributed by atoms with E-state index in [1.165, 1.54) is 25.6 Å². The van der Waals surface area contributed by atoms with Crippen molar-refractivity contribution in [2.24, 2.45) is 0 Å². The predicted molar refractivity (Wildman–Crippen MR) is 69.5 cm³/mol. The summed E-state index contributed by atoms with van der Waals surface area (Å²) in [4.78, 5) is 18.1. The number of carbonyl (C=O) groups excluding carboxylic acids is 1. The van der Waals surface area contributed by atoms with Gasteiger partial charge in [-0.15, -0.1) is 0 Å². The van der Waals surface area contributed by atoms with E-state index in [4.69, 9.17) is 0 Å². The van der Waals surface area contributed by atoms with Crippen molar-refractivity contribution in [2.75, 3.05) is 7.05 Å². The quantitative estimate of drug-likeness (QED) is 0.907. The van der Waals surface area contributed by atoms with E-state index in [1.807, 2.05) is 18.3 Å². The number of aromatic nitrogens is 4. The minimum absolute atomic E-state index is 0.0216. The maximum absolute atomic E-state index is 12.4. The molecule has 0 aliphatic heterocycles. The number of nitrogens with zero attached hydrogens (tertiary/aromatic N) is 4. The zero-order valence-corrected chi connectivity index (χ0v) is 10.9. The summed E-state index contributed by atoms with van der Waals surface area (Å²) in [6, 6.07) is 4.32. The Bertz CT molecular complexity index is 555. The second-order valence-electron chi connectivity index (χ2n) is 4.98. The van der Waals surface area contributed by atoms with Crippen LogP contribution in [-0.2, 0) is 6.54 Å². The van der Waals surface area contributed by atoms with E-state index in [2.05, 4.69) is 19.7 Å². The Hall–Kier alpha value is -2.11. The molecule has 2 aromatic heterocycles. The lowest BCUT2D eigenvalue weighted by molar-refractivity contribution is 0.0765. The third-order valence-corrected chi connectivity index (χ3v) is 3.66. The van der Waals surface area contributed by atoms with Crippen LogP contribution in [0.15, 0.2) is 24.7 Å². The molecule has 0 atom stereocenters. The lowest BCUT2D eigenvalue weighted by Crippen LogP contribution is -2.30. The van der Waals surface area contributed by atoms with Gasteiger partial charge in [-0.25, -0.2) is 4.98 Å². The summed E-state index contributed by atoms with van der Waals surface area (Å²) in [5.74, 6) is 0.714. The molecule has 0 unspecified atom stereocenters. The van der Waals surface area contributed by atoms with Crippen LogP contribution in [0.5, 0.6) is 0 Å². The van der Waals surface area contributed by atoms with Gasteiger partial charge < -0.3 is 9.47 Å². The Kier molecular flexibility index (Phi) is 3.06. The number of carbonyl (C=O) groups is 1. The fourth-order valence-electron chi connectivity index (χ4n) is 2.36. The number of nitrogens with one attached hydrogen (secondary N) is 1. The first-order chi connectivity index (χ1) is 9.25. The van der Waals surface area contributed by atoms with Crippen molar-refractivity contribution in [1.29, 1.82) is 0 Å². The Labute approximate surface area is 111 Å². The average Bonchev–Trinajstić information content (AvgIpc) is 2.97. The molecule has 0 aromatic carbocycles. The van der Waals surface area contributed by atoms with Crippen molar-refractivity contribution >= 4 is 5.91 Å². The number of amides is 1. The molecule has 2 aromatic rings. The molecule has 0 spiro atoms. The van der Waals surface area contributed by atoms with Gasteiger partial charge in [-0.1, -0.05) is 0 Å². The van der Waals surface area contributed by atoms with Crippen LogP contribution in [0.1, 0.15) is 41.6 Å². The molecular weight excluding hydrogens is 242 g/mol. The third kappa shape index (κ3) is 2.25. The first-order valence-corrected chi connectivity index (χ1v) is 6.52. The molecule has 1 amide bonds. The van der Waals surface area contributed by atoms with Gasteiger partial charge in [0, 0.05) is 19.3 Å². The van der Waals surface area contributed by atoms with Crippen LogP contribution in [0.4, 0.5) is 0 Å². The maximum atomic E-state index is 12.4. The van der Waals surface area contributed by atoms with Crippen molar-refractivity contribution in [1.82, 2.24) is 24.6 Å². The van der Waals surface area contributed by atoms with Crippen molar-refractivity contribution < 1.29 is 4.79 Å². The first-order valence-electron chi connectivity index (χ1n) is 6.52. The summed E-state index contributed by atoms with van der Waals surface area (Å²) >= 11 is 0. The van der Waals surface area contributed by atoms with E-state index in [9.17, 15) is 4.79 Å². The van der Waals surface area contributed by atoms with Gasteiger partial charge in [-0.05, 0) is 31.4 Å². The lowest BCUT2D eigenvalue weighted by atomic mass is 9.93. The highest BCUT2D eigenvalue weighted by Gasteiger charge is 2.24. The van der Waals surface area contributed by atoms with Crippen LogP contribution in [0.25, 0.3) is 0 Å². The van der Waals surface area contributed by atoms with Gasteiger partial charge in [-0.3, -0.25) is 9.89 Å². The van der Waals surface area contributed by atoms with Crippen LogP contribution in [0, 0.1) is 0 Å². The van der Waals surface area contributed by atoms with Gasteiger partial charge in [-0.2, -0.15) is 5.10 Å². The molecule has 1 aliphatic carbocycles. The van der Waals surface area contributed by atoms with E-state index in [-0.39, 0.29) is 5.91 Å². The molecule has 3 rings (SSSR count). The van der Waals surface area contributed by atoms with Gasteiger partial charge in [0.05, 0.1) is 6.54 Å². The molecule has 2 heterocycles. The Morgan fingerprint density at radius 3 is 3.05 bits per heavy atom. The topological polar surface area (TPSA) is 66.8 Å². The SMILES string of the molecule is CN(Cc1ncn[nH]1)C(=O)c1cccn1C1CCC1. The Morgan fingerprint density at radius 1 is 1.58 bits per heavy atom. The second kappa shape index (κ2) is 4.87. The molecule has 0 saturated heterocycles. The van der Waals surface area contributed by atoms with Crippen molar-refractivity contribution in [3.8, 4) is 0 Å². The zero-order valence-electron chi connectivity index (χ0n) is 10.9. The standard InChI is InChI=1S/C13H17N5O/c1-17(8-12-14-9-15-16-12)13(19)11-6-3-7-18(11)10-4-2-5-10/h3,6-7,9-10H,2,4-5,8H2,1H3,(H,14,15,16). The van der Waals surface area contributed by atoms with Gasteiger partial charge in [0.15, 0.2) is 0 Å².